The summed E-state index contributed by atoms with van der Waals surface area (Å²) in [5.41, 5.74) is 8.44. The van der Waals surface area contributed by atoms with Gasteiger partial charge in [0.2, 0.25) is 6.79 Å². The zero-order valence-corrected chi connectivity index (χ0v) is 27.7. The van der Waals surface area contributed by atoms with E-state index in [1.165, 1.54) is 5.56 Å². The number of halogens is 4. The molecule has 46 heavy (non-hydrogen) atoms. The largest absolute Gasteiger partial charge is 1.00 e. The molecule has 3 aliphatic heterocycles. The summed E-state index contributed by atoms with van der Waals surface area (Å²) in [5.74, 6) is -1.86. The third kappa shape index (κ3) is 5.80. The molecule has 240 valence electrons. The number of quaternary nitrogens is 1. The molecule has 5 nitrogen and oxygen atoms in total. The van der Waals surface area contributed by atoms with Crippen molar-refractivity contribution in [2.45, 2.75) is 51.7 Å². The Balaban J connectivity index is 0.00000372. The van der Waals surface area contributed by atoms with Gasteiger partial charge in [-0.3, -0.25) is 4.90 Å². The molecule has 3 aromatic rings. The van der Waals surface area contributed by atoms with Gasteiger partial charge >= 0.3 is 0 Å². The highest BCUT2D eigenvalue weighted by atomic mass is 79.9. The van der Waals surface area contributed by atoms with E-state index in [0.717, 1.165) is 69.1 Å². The first-order chi connectivity index (χ1) is 21.6. The minimum absolute atomic E-state index is 0. The van der Waals surface area contributed by atoms with E-state index in [2.05, 4.69) is 51.2 Å². The molecule has 4 aliphatic rings. The molecule has 7 rings (SSSR count). The van der Waals surface area contributed by atoms with E-state index in [9.17, 15) is 13.2 Å². The molecule has 1 N–H and O–H groups in total. The van der Waals surface area contributed by atoms with Crippen LogP contribution in [0.3, 0.4) is 0 Å². The zero-order valence-electron chi connectivity index (χ0n) is 26.1. The van der Waals surface area contributed by atoms with Gasteiger partial charge in [0.25, 0.3) is 0 Å². The lowest BCUT2D eigenvalue weighted by molar-refractivity contribution is -0.771. The molecular weight excluding hydrogens is 659 g/mol. The number of allylic oxidation sites excluding steroid dienone is 3. The van der Waals surface area contributed by atoms with E-state index >= 15 is 0 Å². The van der Waals surface area contributed by atoms with Crippen molar-refractivity contribution in [1.29, 1.82) is 0 Å². The molecule has 0 bridgehead atoms. The Kier molecular flexibility index (Phi) is 8.69. The van der Waals surface area contributed by atoms with Crippen molar-refractivity contribution in [1.82, 2.24) is 0 Å². The van der Waals surface area contributed by atoms with Gasteiger partial charge in [-0.15, -0.1) is 0 Å². The van der Waals surface area contributed by atoms with Crippen LogP contribution in [-0.4, -0.2) is 26.6 Å². The van der Waals surface area contributed by atoms with E-state index in [-0.39, 0.29) is 35.6 Å². The molecule has 2 atom stereocenters. The minimum atomic E-state index is -1.47. The molecule has 3 heterocycles. The lowest BCUT2D eigenvalue weighted by atomic mass is 9.79. The summed E-state index contributed by atoms with van der Waals surface area (Å²) in [6.45, 7) is 7.83. The topological polar surface area (TPSA) is 41.4 Å². The van der Waals surface area contributed by atoms with Gasteiger partial charge in [-0.05, 0) is 63.6 Å². The Labute approximate surface area is 277 Å². The molecule has 3 aromatic carbocycles. The molecule has 0 aromatic heterocycles. The van der Waals surface area contributed by atoms with Crippen LogP contribution >= 0.6 is 0 Å². The molecule has 0 amide bonds. The van der Waals surface area contributed by atoms with Crippen molar-refractivity contribution in [3.05, 3.63) is 135 Å². The maximum absolute atomic E-state index is 14.4. The highest BCUT2D eigenvalue weighted by Gasteiger charge is 2.40. The Hall–Kier alpha value is -3.79. The summed E-state index contributed by atoms with van der Waals surface area (Å²) in [7, 11) is 1.63. The third-order valence-electron chi connectivity index (χ3n) is 8.97. The summed E-state index contributed by atoms with van der Waals surface area (Å²) in [4.78, 5) is 1.09. The van der Waals surface area contributed by atoms with Gasteiger partial charge in [-0.2, -0.15) is 0 Å². The average Bonchev–Trinajstić information content (AvgIpc) is 3.48. The molecule has 0 fully saturated rings. The van der Waals surface area contributed by atoms with Crippen LogP contribution in [0.5, 0.6) is 11.5 Å². The van der Waals surface area contributed by atoms with Gasteiger partial charge in [0.15, 0.2) is 29.0 Å². The lowest BCUT2D eigenvalue weighted by Crippen LogP contribution is -3.06. The van der Waals surface area contributed by atoms with Crippen molar-refractivity contribution >= 4 is 5.70 Å². The number of hydrogen-bond acceptors (Lipinski definition) is 4. The van der Waals surface area contributed by atoms with Gasteiger partial charge in [-0.1, -0.05) is 51.1 Å². The number of methoxy groups -OCH3 is 1. The molecule has 0 radical (unpaired) electrons. The van der Waals surface area contributed by atoms with Crippen LogP contribution in [0.4, 0.5) is 13.2 Å². The van der Waals surface area contributed by atoms with Crippen LogP contribution in [0.1, 0.15) is 48.6 Å². The number of fused-ring (bicyclic) bond motifs is 5. The summed E-state index contributed by atoms with van der Waals surface area (Å²) < 4.78 is 66.5. The summed E-state index contributed by atoms with van der Waals surface area (Å²) in [6, 6.07) is 14.6. The van der Waals surface area contributed by atoms with Gasteiger partial charge in [0, 0.05) is 29.6 Å². The summed E-state index contributed by atoms with van der Waals surface area (Å²) >= 11 is 0. The van der Waals surface area contributed by atoms with Gasteiger partial charge in [0.1, 0.15) is 23.8 Å². The number of hydrogen-bond donors (Lipinski definition) is 1. The van der Waals surface area contributed by atoms with Crippen LogP contribution in [0.2, 0.25) is 0 Å². The molecule has 0 spiro atoms. The highest BCUT2D eigenvalue weighted by molar-refractivity contribution is 5.77. The van der Waals surface area contributed by atoms with Crippen molar-refractivity contribution in [2.75, 3.05) is 20.4 Å². The van der Waals surface area contributed by atoms with Crippen LogP contribution in [0, 0.1) is 17.5 Å². The quantitative estimate of drug-likeness (QED) is 0.402. The van der Waals surface area contributed by atoms with Gasteiger partial charge in [0.05, 0.1) is 20.3 Å². The monoisotopic (exact) mass is 693 g/mol. The molecule has 9 heteroatoms. The zero-order chi connectivity index (χ0) is 31.5. The Morgan fingerprint density at radius 1 is 0.913 bits per heavy atom. The second-order valence-corrected chi connectivity index (χ2v) is 12.9. The SMILES string of the molecule is COC1=CC=C2C(=C[NH+]3CCc4cc5c(cc4C3=C2Cc2cc(F)c(F)c(F)c2)OCO5)C1OCc1ccc(C(C)(C)C)cc1.[Br-]. The Morgan fingerprint density at radius 2 is 1.61 bits per heavy atom. The predicted molar refractivity (Wildman–Crippen MR) is 164 cm³/mol. The van der Waals surface area contributed by atoms with Gasteiger partial charge < -0.3 is 35.9 Å². The standard InChI is InChI=1S/C37H34F3NO4.BrH/c1-37(2,3)24-7-5-21(6-8-24)19-43-36-28-18-41-12-11-23-16-32-33(45-20-44-32)17-26(23)35(41)27(25(28)9-10-31(36)42-4)13-22-14-29(38)34(40)30(39)15-22;/h5-10,14-18,36H,11-13,19-20H2,1-4H3;1H. The fourth-order valence-electron chi connectivity index (χ4n) is 6.61. The average molecular weight is 695 g/mol. The van der Waals surface area contributed by atoms with E-state index in [0.29, 0.717) is 29.4 Å². The smallest absolute Gasteiger partial charge is 0.231 e. The molecule has 0 saturated heterocycles. The predicted octanol–water partition coefficient (Wildman–Crippen LogP) is 3.48. The fraction of sp³-hybridized carbons (Fsp3) is 0.297. The second-order valence-electron chi connectivity index (χ2n) is 12.9. The lowest BCUT2D eigenvalue weighted by Gasteiger charge is -2.36. The van der Waals surface area contributed by atoms with Crippen LogP contribution in [0.25, 0.3) is 5.70 Å². The van der Waals surface area contributed by atoms with E-state index in [1.807, 2.05) is 24.3 Å². The first-order valence-electron chi connectivity index (χ1n) is 15.2. The number of ether oxygens (including phenoxy) is 4. The van der Waals surface area contributed by atoms with Crippen LogP contribution in [0.15, 0.2) is 89.4 Å². The maximum atomic E-state index is 14.4. The number of rotatable bonds is 6. The van der Waals surface area contributed by atoms with Crippen molar-refractivity contribution < 1.29 is 54.0 Å². The first kappa shape index (κ1) is 32.2. The van der Waals surface area contributed by atoms with Crippen molar-refractivity contribution in [2.24, 2.45) is 0 Å². The summed E-state index contributed by atoms with van der Waals surface area (Å²) in [5, 5.41) is 0. The molecule has 1 aliphatic carbocycles. The van der Waals surface area contributed by atoms with Crippen LogP contribution < -0.4 is 31.4 Å². The second kappa shape index (κ2) is 12.4. The van der Waals surface area contributed by atoms with E-state index in [4.69, 9.17) is 18.9 Å². The van der Waals surface area contributed by atoms with E-state index in [1.54, 1.807) is 7.11 Å². The summed E-state index contributed by atoms with van der Waals surface area (Å²) in [6.07, 6.45) is 6.51. The number of nitrogens with one attached hydrogen (secondary N) is 1. The number of benzene rings is 3. The molecular formula is C37H35BrF3NO4. The van der Waals surface area contributed by atoms with Crippen molar-refractivity contribution in [3.63, 3.8) is 0 Å². The van der Waals surface area contributed by atoms with Crippen molar-refractivity contribution in [3.8, 4) is 11.5 Å². The highest BCUT2D eigenvalue weighted by Crippen LogP contribution is 2.43. The van der Waals surface area contributed by atoms with Crippen LogP contribution in [-0.2, 0) is 34.3 Å². The Bertz CT molecular complexity index is 1800. The fourth-order valence-corrected chi connectivity index (χ4v) is 6.61. The Morgan fingerprint density at radius 3 is 2.28 bits per heavy atom. The normalized spacial score (nSPS) is 19.7. The first-order valence-corrected chi connectivity index (χ1v) is 15.2. The minimum Gasteiger partial charge on any atom is -1.00 e. The molecule has 0 saturated carbocycles. The third-order valence-corrected chi connectivity index (χ3v) is 8.97. The van der Waals surface area contributed by atoms with E-state index < -0.39 is 23.6 Å². The molecule has 2 unspecified atom stereocenters. The van der Waals surface area contributed by atoms with Gasteiger partial charge in [-0.25, -0.2) is 13.2 Å². The maximum Gasteiger partial charge on any atom is 0.231 e.